The SMILES string of the molecule is Cc1ccc(C)n1-c1cccc(C(=O)NN=Cc2cc(Br)cc([N+](=O)[O-])c2O)c1. The Morgan fingerprint density at radius 3 is 2.55 bits per heavy atom. The highest BCUT2D eigenvalue weighted by Crippen LogP contribution is 2.32. The van der Waals surface area contributed by atoms with Gasteiger partial charge in [0, 0.05) is 38.7 Å². The minimum Gasteiger partial charge on any atom is -0.502 e. The molecule has 0 fully saturated rings. The van der Waals surface area contributed by atoms with Gasteiger partial charge >= 0.3 is 5.69 Å². The fourth-order valence-electron chi connectivity index (χ4n) is 2.93. The van der Waals surface area contributed by atoms with Crippen LogP contribution in [-0.4, -0.2) is 26.7 Å². The number of phenols is 1. The van der Waals surface area contributed by atoms with Crippen LogP contribution >= 0.6 is 15.9 Å². The van der Waals surface area contributed by atoms with Crippen LogP contribution in [0.15, 0.2) is 58.1 Å². The summed E-state index contributed by atoms with van der Waals surface area (Å²) in [7, 11) is 0. The summed E-state index contributed by atoms with van der Waals surface area (Å²) in [6.45, 7) is 3.96. The molecule has 0 spiro atoms. The van der Waals surface area contributed by atoms with Crippen LogP contribution in [0.3, 0.4) is 0 Å². The minimum atomic E-state index is -0.702. The molecule has 9 heteroatoms. The van der Waals surface area contributed by atoms with Crippen LogP contribution in [0.25, 0.3) is 5.69 Å². The Labute approximate surface area is 174 Å². The summed E-state index contributed by atoms with van der Waals surface area (Å²) in [5.74, 6) is -0.980. The van der Waals surface area contributed by atoms with Gasteiger partial charge in [0.15, 0.2) is 0 Å². The summed E-state index contributed by atoms with van der Waals surface area (Å²) in [5, 5.41) is 24.8. The van der Waals surface area contributed by atoms with Crippen molar-refractivity contribution in [3.05, 3.63) is 85.6 Å². The van der Waals surface area contributed by atoms with Crippen molar-refractivity contribution in [1.29, 1.82) is 0 Å². The van der Waals surface area contributed by atoms with E-state index in [0.717, 1.165) is 23.3 Å². The van der Waals surface area contributed by atoms with Gasteiger partial charge in [-0.15, -0.1) is 0 Å². The molecule has 0 atom stereocenters. The quantitative estimate of drug-likeness (QED) is 0.339. The van der Waals surface area contributed by atoms with Crippen molar-refractivity contribution in [2.45, 2.75) is 13.8 Å². The van der Waals surface area contributed by atoms with Crippen LogP contribution in [0.1, 0.15) is 27.3 Å². The minimum absolute atomic E-state index is 0.0960. The number of amides is 1. The van der Waals surface area contributed by atoms with E-state index in [9.17, 15) is 20.0 Å². The fourth-order valence-corrected chi connectivity index (χ4v) is 3.39. The summed E-state index contributed by atoms with van der Waals surface area (Å²) in [6.07, 6.45) is 1.15. The number of halogens is 1. The van der Waals surface area contributed by atoms with E-state index < -0.39 is 22.3 Å². The van der Waals surface area contributed by atoms with E-state index in [4.69, 9.17) is 0 Å². The third kappa shape index (κ3) is 4.35. The van der Waals surface area contributed by atoms with E-state index in [1.54, 1.807) is 18.2 Å². The third-order valence-electron chi connectivity index (χ3n) is 4.29. The molecule has 0 saturated carbocycles. The molecule has 3 aromatic rings. The number of hydrazone groups is 1. The van der Waals surface area contributed by atoms with E-state index >= 15 is 0 Å². The van der Waals surface area contributed by atoms with Gasteiger partial charge in [-0.05, 0) is 50.2 Å². The van der Waals surface area contributed by atoms with E-state index in [-0.39, 0.29) is 5.56 Å². The number of nitro groups is 1. The van der Waals surface area contributed by atoms with Crippen LogP contribution in [0.2, 0.25) is 0 Å². The smallest absolute Gasteiger partial charge is 0.312 e. The Bertz CT molecular complexity index is 1120. The number of aryl methyl sites for hydroxylation is 2. The molecule has 2 N–H and O–H groups in total. The van der Waals surface area contributed by atoms with Crippen LogP contribution in [-0.2, 0) is 0 Å². The molecular formula is C20H17BrN4O4. The fraction of sp³-hybridized carbons (Fsp3) is 0.100. The largest absolute Gasteiger partial charge is 0.502 e. The Hall–Kier alpha value is -3.46. The maximum atomic E-state index is 12.4. The Morgan fingerprint density at radius 2 is 1.90 bits per heavy atom. The number of carbonyl (C=O) groups excluding carboxylic acids is 1. The predicted octanol–water partition coefficient (Wildman–Crippen LogP) is 4.23. The molecular weight excluding hydrogens is 440 g/mol. The van der Waals surface area contributed by atoms with Gasteiger partial charge < -0.3 is 9.67 Å². The van der Waals surface area contributed by atoms with Crippen molar-refractivity contribution < 1.29 is 14.8 Å². The molecule has 0 saturated heterocycles. The summed E-state index contributed by atoms with van der Waals surface area (Å²) >= 11 is 3.14. The zero-order valence-corrected chi connectivity index (χ0v) is 17.2. The highest BCUT2D eigenvalue weighted by atomic mass is 79.9. The Kier molecular flexibility index (Phi) is 5.79. The number of aromatic hydroxyl groups is 1. The van der Waals surface area contributed by atoms with Gasteiger partial charge in [0.25, 0.3) is 5.91 Å². The van der Waals surface area contributed by atoms with Gasteiger partial charge in [-0.3, -0.25) is 14.9 Å². The van der Waals surface area contributed by atoms with Crippen molar-refractivity contribution in [3.63, 3.8) is 0 Å². The standard InChI is InChI=1S/C20H17BrN4O4/c1-12-6-7-13(2)24(12)17-5-3-4-14(9-17)20(27)23-22-11-15-8-16(21)10-18(19(15)26)25(28)29/h3-11,26H,1-2H3,(H,23,27). The van der Waals surface area contributed by atoms with Gasteiger partial charge in [0.05, 0.1) is 11.1 Å². The monoisotopic (exact) mass is 456 g/mol. The average molecular weight is 457 g/mol. The molecule has 3 rings (SSSR count). The molecule has 0 unspecified atom stereocenters. The summed E-state index contributed by atoms with van der Waals surface area (Å²) in [4.78, 5) is 22.7. The normalized spacial score (nSPS) is 11.0. The second kappa shape index (κ2) is 8.27. The molecule has 1 aromatic heterocycles. The lowest BCUT2D eigenvalue weighted by Gasteiger charge is -2.10. The van der Waals surface area contributed by atoms with Gasteiger partial charge in [-0.25, -0.2) is 5.43 Å². The first-order valence-electron chi connectivity index (χ1n) is 8.53. The number of nitrogens with one attached hydrogen (secondary N) is 1. The number of benzene rings is 2. The van der Waals surface area contributed by atoms with E-state index in [1.165, 1.54) is 12.1 Å². The topological polar surface area (TPSA) is 110 Å². The molecule has 0 bridgehead atoms. The molecule has 1 amide bonds. The molecule has 2 aromatic carbocycles. The highest BCUT2D eigenvalue weighted by Gasteiger charge is 2.17. The number of nitro benzene ring substituents is 1. The van der Waals surface area contributed by atoms with Crippen molar-refractivity contribution >= 4 is 33.7 Å². The van der Waals surface area contributed by atoms with E-state index in [2.05, 4.69) is 26.5 Å². The zero-order chi connectivity index (χ0) is 21.1. The third-order valence-corrected chi connectivity index (χ3v) is 4.75. The van der Waals surface area contributed by atoms with Crippen molar-refractivity contribution in [2.75, 3.05) is 0 Å². The van der Waals surface area contributed by atoms with Gasteiger partial charge in [0.2, 0.25) is 5.75 Å². The molecule has 148 valence electrons. The molecule has 0 aliphatic carbocycles. The second-order valence-electron chi connectivity index (χ2n) is 6.32. The van der Waals surface area contributed by atoms with Crippen molar-refractivity contribution in [3.8, 4) is 11.4 Å². The summed E-state index contributed by atoms with van der Waals surface area (Å²) in [6, 6.07) is 13.7. The lowest BCUT2D eigenvalue weighted by atomic mass is 10.2. The Balaban J connectivity index is 1.80. The van der Waals surface area contributed by atoms with Gasteiger partial charge in [0.1, 0.15) is 0 Å². The van der Waals surface area contributed by atoms with Crippen molar-refractivity contribution in [2.24, 2.45) is 5.10 Å². The number of carbonyl (C=O) groups is 1. The molecule has 29 heavy (non-hydrogen) atoms. The van der Waals surface area contributed by atoms with Crippen LogP contribution < -0.4 is 5.43 Å². The average Bonchev–Trinajstić information content (AvgIpc) is 3.02. The lowest BCUT2D eigenvalue weighted by Crippen LogP contribution is -2.18. The van der Waals surface area contributed by atoms with Gasteiger partial charge in [-0.1, -0.05) is 22.0 Å². The second-order valence-corrected chi connectivity index (χ2v) is 7.24. The molecule has 0 aliphatic heterocycles. The van der Waals surface area contributed by atoms with Crippen LogP contribution in [0.4, 0.5) is 5.69 Å². The first-order valence-corrected chi connectivity index (χ1v) is 9.33. The molecule has 1 heterocycles. The maximum Gasteiger partial charge on any atom is 0.312 e. The number of nitrogens with zero attached hydrogens (tertiary/aromatic N) is 3. The highest BCUT2D eigenvalue weighted by molar-refractivity contribution is 9.10. The van der Waals surface area contributed by atoms with Crippen molar-refractivity contribution in [1.82, 2.24) is 9.99 Å². The molecule has 8 nitrogen and oxygen atoms in total. The number of phenolic OH excluding ortho intramolecular Hbond substituents is 1. The maximum absolute atomic E-state index is 12.4. The van der Waals surface area contributed by atoms with Gasteiger partial charge in [-0.2, -0.15) is 5.10 Å². The summed E-state index contributed by atoms with van der Waals surface area (Å²) in [5.41, 5.74) is 5.35. The number of hydrogen-bond acceptors (Lipinski definition) is 5. The number of hydrogen-bond donors (Lipinski definition) is 2. The number of aromatic nitrogens is 1. The Morgan fingerprint density at radius 1 is 1.21 bits per heavy atom. The predicted molar refractivity (Wildman–Crippen MR) is 113 cm³/mol. The van der Waals surface area contributed by atoms with Crippen LogP contribution in [0.5, 0.6) is 5.75 Å². The molecule has 0 aliphatic rings. The zero-order valence-electron chi connectivity index (χ0n) is 15.6. The first-order chi connectivity index (χ1) is 13.8. The van der Waals surface area contributed by atoms with Crippen LogP contribution in [0, 0.1) is 24.0 Å². The number of rotatable bonds is 5. The van der Waals surface area contributed by atoms with E-state index in [1.807, 2.05) is 36.6 Å². The first kappa shape index (κ1) is 20.3. The lowest BCUT2D eigenvalue weighted by molar-refractivity contribution is -0.385. The summed E-state index contributed by atoms with van der Waals surface area (Å²) < 4.78 is 2.43. The molecule has 0 radical (unpaired) electrons. The van der Waals surface area contributed by atoms with E-state index in [0.29, 0.717) is 10.0 Å².